The van der Waals surface area contributed by atoms with Gasteiger partial charge in [-0.25, -0.2) is 0 Å². The van der Waals surface area contributed by atoms with Crippen molar-refractivity contribution in [1.82, 2.24) is 0 Å². The van der Waals surface area contributed by atoms with Gasteiger partial charge in [-0.2, -0.15) is 0 Å². The van der Waals surface area contributed by atoms with E-state index in [-0.39, 0.29) is 5.78 Å². The maximum absolute atomic E-state index is 12.6. The summed E-state index contributed by atoms with van der Waals surface area (Å²) >= 11 is 1.83. The van der Waals surface area contributed by atoms with Crippen LogP contribution in [0.25, 0.3) is 6.08 Å². The van der Waals surface area contributed by atoms with Crippen molar-refractivity contribution >= 4 is 23.6 Å². The SMILES string of the molecule is CCCCCCCCCCCCCCOc1ccccc1/C=C/C(=O)c1ccc(SCCC)cc1. The van der Waals surface area contributed by atoms with Crippen LogP contribution in [0.3, 0.4) is 0 Å². The molecule has 0 N–H and O–H groups in total. The molecule has 0 spiro atoms. The van der Waals surface area contributed by atoms with E-state index in [1.807, 2.05) is 66.4 Å². The summed E-state index contributed by atoms with van der Waals surface area (Å²) in [5.74, 6) is 1.97. The average Bonchev–Trinajstić information content (AvgIpc) is 2.89. The van der Waals surface area contributed by atoms with E-state index in [0.717, 1.165) is 42.1 Å². The number of hydrogen-bond donors (Lipinski definition) is 0. The van der Waals surface area contributed by atoms with E-state index in [1.54, 1.807) is 6.08 Å². The standard InChI is InChI=1S/C32H46O2S/c1-3-5-6-7-8-9-10-11-12-13-14-17-26-34-32-19-16-15-18-29(32)22-25-31(33)28-20-23-30(24-21-28)35-27-4-2/h15-16,18-25H,3-14,17,26-27H2,1-2H3/b25-22+. The zero-order valence-corrected chi connectivity index (χ0v) is 22.9. The van der Waals surface area contributed by atoms with Crippen molar-refractivity contribution in [3.63, 3.8) is 0 Å². The van der Waals surface area contributed by atoms with Gasteiger partial charge >= 0.3 is 0 Å². The number of benzene rings is 2. The van der Waals surface area contributed by atoms with Crippen LogP contribution in [0.2, 0.25) is 0 Å². The van der Waals surface area contributed by atoms with Gasteiger partial charge in [0.25, 0.3) is 0 Å². The molecule has 0 bridgehead atoms. The number of ketones is 1. The second-order valence-corrected chi connectivity index (χ2v) is 10.5. The Morgan fingerprint density at radius 1 is 0.743 bits per heavy atom. The Kier molecular flexibility index (Phi) is 16.1. The summed E-state index contributed by atoms with van der Waals surface area (Å²) in [6.07, 6.45) is 20.8. The Balaban J connectivity index is 1.65. The molecule has 0 atom stereocenters. The molecule has 0 radical (unpaired) electrons. The van der Waals surface area contributed by atoms with Crippen molar-refractivity contribution in [2.45, 2.75) is 102 Å². The van der Waals surface area contributed by atoms with Crippen LogP contribution in [-0.4, -0.2) is 18.1 Å². The molecule has 35 heavy (non-hydrogen) atoms. The molecule has 0 saturated heterocycles. The predicted octanol–water partition coefficient (Wildman–Crippen LogP) is 10.2. The van der Waals surface area contributed by atoms with Gasteiger partial charge in [0.15, 0.2) is 5.78 Å². The number of thioether (sulfide) groups is 1. The molecule has 0 aromatic heterocycles. The van der Waals surface area contributed by atoms with E-state index < -0.39 is 0 Å². The third kappa shape index (κ3) is 13.0. The Morgan fingerprint density at radius 3 is 1.97 bits per heavy atom. The fraction of sp³-hybridized carbons (Fsp3) is 0.531. The molecule has 0 unspecified atom stereocenters. The quantitative estimate of drug-likeness (QED) is 0.0792. The molecule has 2 aromatic rings. The van der Waals surface area contributed by atoms with Crippen molar-refractivity contribution in [3.05, 3.63) is 65.7 Å². The number of allylic oxidation sites excluding steroid dienone is 1. The van der Waals surface area contributed by atoms with Gasteiger partial charge in [0, 0.05) is 16.0 Å². The molecule has 0 fully saturated rings. The number of unbranched alkanes of at least 4 members (excludes halogenated alkanes) is 11. The summed E-state index contributed by atoms with van der Waals surface area (Å²) in [7, 11) is 0. The molecule has 2 aromatic carbocycles. The lowest BCUT2D eigenvalue weighted by Crippen LogP contribution is -1.99. The van der Waals surface area contributed by atoms with Gasteiger partial charge in [0.2, 0.25) is 0 Å². The van der Waals surface area contributed by atoms with Gasteiger partial charge in [-0.05, 0) is 61.1 Å². The summed E-state index contributed by atoms with van der Waals surface area (Å²) in [6, 6.07) is 15.9. The fourth-order valence-electron chi connectivity index (χ4n) is 4.07. The van der Waals surface area contributed by atoms with E-state index >= 15 is 0 Å². The summed E-state index contributed by atoms with van der Waals surface area (Å²) in [5, 5.41) is 0. The minimum Gasteiger partial charge on any atom is -0.493 e. The molecule has 0 aliphatic heterocycles. The number of carbonyl (C=O) groups excluding carboxylic acids is 1. The van der Waals surface area contributed by atoms with Crippen LogP contribution in [0.1, 0.15) is 113 Å². The van der Waals surface area contributed by atoms with Gasteiger partial charge in [-0.1, -0.05) is 103 Å². The molecule has 0 aliphatic carbocycles. The number of rotatable bonds is 20. The number of para-hydroxylation sites is 1. The van der Waals surface area contributed by atoms with Crippen LogP contribution in [0.15, 0.2) is 59.5 Å². The third-order valence-electron chi connectivity index (χ3n) is 6.20. The van der Waals surface area contributed by atoms with Crippen LogP contribution in [0, 0.1) is 0 Å². The first-order chi connectivity index (χ1) is 17.2. The zero-order chi connectivity index (χ0) is 25.0. The van der Waals surface area contributed by atoms with Crippen LogP contribution >= 0.6 is 11.8 Å². The molecule has 3 heteroatoms. The Morgan fingerprint density at radius 2 is 1.34 bits per heavy atom. The van der Waals surface area contributed by atoms with E-state index in [4.69, 9.17) is 4.74 Å². The molecule has 2 nitrogen and oxygen atoms in total. The molecule has 0 aliphatic rings. The Hall–Kier alpha value is -2.00. The highest BCUT2D eigenvalue weighted by Crippen LogP contribution is 2.22. The van der Waals surface area contributed by atoms with Crippen molar-refractivity contribution in [3.8, 4) is 5.75 Å². The maximum Gasteiger partial charge on any atom is 0.185 e. The molecule has 2 rings (SSSR count). The topological polar surface area (TPSA) is 26.3 Å². The predicted molar refractivity (Wildman–Crippen MR) is 154 cm³/mol. The van der Waals surface area contributed by atoms with Gasteiger partial charge < -0.3 is 4.74 Å². The first kappa shape index (κ1) is 29.2. The molecule has 0 amide bonds. The van der Waals surface area contributed by atoms with Gasteiger partial charge in [0.1, 0.15) is 5.75 Å². The van der Waals surface area contributed by atoms with Crippen molar-refractivity contribution in [2.24, 2.45) is 0 Å². The highest BCUT2D eigenvalue weighted by Gasteiger charge is 2.04. The lowest BCUT2D eigenvalue weighted by molar-refractivity contribution is 0.104. The zero-order valence-electron chi connectivity index (χ0n) is 22.1. The fourth-order valence-corrected chi connectivity index (χ4v) is 4.84. The first-order valence-electron chi connectivity index (χ1n) is 13.9. The summed E-state index contributed by atoms with van der Waals surface area (Å²) < 4.78 is 6.05. The lowest BCUT2D eigenvalue weighted by Gasteiger charge is -2.09. The van der Waals surface area contributed by atoms with Crippen LogP contribution < -0.4 is 4.74 Å². The molecular weight excluding hydrogens is 448 g/mol. The minimum absolute atomic E-state index is 0.0211. The van der Waals surface area contributed by atoms with E-state index in [9.17, 15) is 4.79 Å². The van der Waals surface area contributed by atoms with E-state index in [2.05, 4.69) is 13.8 Å². The largest absolute Gasteiger partial charge is 0.493 e. The van der Waals surface area contributed by atoms with Crippen molar-refractivity contribution in [2.75, 3.05) is 12.4 Å². The first-order valence-corrected chi connectivity index (χ1v) is 14.9. The Bertz CT molecular complexity index is 841. The molecule has 0 heterocycles. The maximum atomic E-state index is 12.6. The number of ether oxygens (including phenoxy) is 1. The second kappa shape index (κ2) is 19.2. The normalized spacial score (nSPS) is 11.3. The van der Waals surface area contributed by atoms with E-state index in [1.165, 1.54) is 75.5 Å². The highest BCUT2D eigenvalue weighted by molar-refractivity contribution is 7.99. The van der Waals surface area contributed by atoms with Crippen molar-refractivity contribution in [1.29, 1.82) is 0 Å². The summed E-state index contributed by atoms with van der Waals surface area (Å²) in [6.45, 7) is 5.18. The monoisotopic (exact) mass is 494 g/mol. The van der Waals surface area contributed by atoms with Crippen LogP contribution in [0.5, 0.6) is 5.75 Å². The average molecular weight is 495 g/mol. The Labute approximate surface area is 218 Å². The lowest BCUT2D eigenvalue weighted by atomic mass is 10.1. The number of carbonyl (C=O) groups is 1. The highest BCUT2D eigenvalue weighted by atomic mass is 32.2. The summed E-state index contributed by atoms with van der Waals surface area (Å²) in [5.41, 5.74) is 1.67. The van der Waals surface area contributed by atoms with Gasteiger partial charge in [0.05, 0.1) is 6.61 Å². The van der Waals surface area contributed by atoms with E-state index in [0.29, 0.717) is 0 Å². The minimum atomic E-state index is 0.0211. The second-order valence-electron chi connectivity index (χ2n) is 9.35. The third-order valence-corrected chi connectivity index (χ3v) is 7.42. The molecule has 0 saturated carbocycles. The van der Waals surface area contributed by atoms with Crippen LogP contribution in [0.4, 0.5) is 0 Å². The molecule has 192 valence electrons. The summed E-state index contributed by atoms with van der Waals surface area (Å²) in [4.78, 5) is 13.8. The smallest absolute Gasteiger partial charge is 0.185 e. The molecular formula is C32H46O2S. The van der Waals surface area contributed by atoms with Crippen molar-refractivity contribution < 1.29 is 9.53 Å². The van der Waals surface area contributed by atoms with Gasteiger partial charge in [-0.15, -0.1) is 11.8 Å². The van der Waals surface area contributed by atoms with Crippen LogP contribution in [-0.2, 0) is 0 Å². The van der Waals surface area contributed by atoms with Gasteiger partial charge in [-0.3, -0.25) is 4.79 Å². The number of hydrogen-bond acceptors (Lipinski definition) is 3.